The van der Waals surface area contributed by atoms with E-state index in [9.17, 15) is 14.7 Å². The lowest BCUT2D eigenvalue weighted by atomic mass is 9.87. The molecule has 242 valence electrons. The van der Waals surface area contributed by atoms with Gasteiger partial charge in [-0.15, -0.1) is 0 Å². The molecule has 5 rings (SSSR count). The molecule has 9 nitrogen and oxygen atoms in total. The average molecular weight is 616 g/mol. The molecule has 1 aliphatic carbocycles. The number of amides is 2. The molecule has 9 heteroatoms. The fourth-order valence-electron chi connectivity index (χ4n) is 6.90. The molecular formula is C36H49N5O4. The second-order valence-corrected chi connectivity index (χ2v) is 12.4. The van der Waals surface area contributed by atoms with Crippen LogP contribution in [0.2, 0.25) is 0 Å². The number of aromatic nitrogens is 2. The molecule has 2 amide bonds. The van der Waals surface area contributed by atoms with E-state index in [1.807, 2.05) is 48.2 Å². The number of piperidine rings is 1. The first-order valence-corrected chi connectivity index (χ1v) is 16.7. The second kappa shape index (κ2) is 15.5. The first-order valence-electron chi connectivity index (χ1n) is 16.7. The SMILES string of the molecule is CCCC1CCCCN1C(=O)c1cc(C(=O)N[C@@H](Cc2ccccc2)[C@@H](O)CN[C@H]2CCCc3ccc(OC)cc32)nn1CC. The number of likely N-dealkylation sites (tertiary alicyclic amines) is 1. The minimum atomic E-state index is -0.859. The van der Waals surface area contributed by atoms with Crippen molar-refractivity contribution < 1.29 is 19.4 Å². The highest BCUT2D eigenvalue weighted by Gasteiger charge is 2.31. The van der Waals surface area contributed by atoms with E-state index in [0.717, 1.165) is 69.2 Å². The molecule has 1 unspecified atom stereocenters. The van der Waals surface area contributed by atoms with Gasteiger partial charge >= 0.3 is 0 Å². The summed E-state index contributed by atoms with van der Waals surface area (Å²) < 4.78 is 7.10. The smallest absolute Gasteiger partial charge is 0.272 e. The summed E-state index contributed by atoms with van der Waals surface area (Å²) in [6, 6.07) is 17.4. The second-order valence-electron chi connectivity index (χ2n) is 12.4. The molecule has 3 aromatic rings. The fourth-order valence-corrected chi connectivity index (χ4v) is 6.90. The number of fused-ring (bicyclic) bond motifs is 1. The summed E-state index contributed by atoms with van der Waals surface area (Å²) in [5, 5.41) is 22.7. The highest BCUT2D eigenvalue weighted by atomic mass is 16.5. The number of carbonyl (C=O) groups excluding carboxylic acids is 2. The third-order valence-electron chi connectivity index (χ3n) is 9.36. The Morgan fingerprint density at radius 1 is 1.07 bits per heavy atom. The summed E-state index contributed by atoms with van der Waals surface area (Å²) in [4.78, 5) is 29.4. The third-order valence-corrected chi connectivity index (χ3v) is 9.36. The van der Waals surface area contributed by atoms with Gasteiger partial charge in [0.15, 0.2) is 5.69 Å². The van der Waals surface area contributed by atoms with Crippen LogP contribution in [0.5, 0.6) is 5.75 Å². The van der Waals surface area contributed by atoms with Crippen molar-refractivity contribution in [3.05, 3.63) is 82.7 Å². The molecular weight excluding hydrogens is 566 g/mol. The zero-order valence-corrected chi connectivity index (χ0v) is 27.0. The molecule has 0 bridgehead atoms. The maximum Gasteiger partial charge on any atom is 0.272 e. The van der Waals surface area contributed by atoms with Gasteiger partial charge in [0.05, 0.1) is 19.3 Å². The zero-order valence-electron chi connectivity index (χ0n) is 27.0. The van der Waals surface area contributed by atoms with Crippen molar-refractivity contribution in [1.82, 2.24) is 25.3 Å². The maximum absolute atomic E-state index is 13.7. The maximum atomic E-state index is 13.7. The zero-order chi connectivity index (χ0) is 31.8. The number of nitrogens with zero attached hydrogens (tertiary/aromatic N) is 3. The molecule has 4 atom stereocenters. The van der Waals surface area contributed by atoms with E-state index in [2.05, 4.69) is 34.8 Å². The first-order chi connectivity index (χ1) is 21.9. The molecule has 0 spiro atoms. The lowest BCUT2D eigenvalue weighted by Gasteiger charge is -2.35. The number of nitrogens with one attached hydrogen (secondary N) is 2. The van der Waals surface area contributed by atoms with Gasteiger partial charge in [0, 0.05) is 37.8 Å². The summed E-state index contributed by atoms with van der Waals surface area (Å²) in [5.74, 6) is 0.367. The van der Waals surface area contributed by atoms with Gasteiger partial charge in [0.25, 0.3) is 11.8 Å². The Kier molecular flexibility index (Phi) is 11.3. The van der Waals surface area contributed by atoms with Crippen LogP contribution in [0.25, 0.3) is 0 Å². The molecule has 3 N–H and O–H groups in total. The van der Waals surface area contributed by atoms with Crippen LogP contribution in [-0.4, -0.2) is 70.0 Å². The van der Waals surface area contributed by atoms with E-state index in [4.69, 9.17) is 4.74 Å². The quantitative estimate of drug-likeness (QED) is 0.248. The van der Waals surface area contributed by atoms with Crippen LogP contribution >= 0.6 is 0 Å². The number of rotatable bonds is 13. The number of aliphatic hydroxyl groups is 1. The number of aliphatic hydroxyl groups excluding tert-OH is 1. The van der Waals surface area contributed by atoms with Gasteiger partial charge in [0.1, 0.15) is 11.4 Å². The van der Waals surface area contributed by atoms with Gasteiger partial charge in [-0.1, -0.05) is 49.7 Å². The highest BCUT2D eigenvalue weighted by Crippen LogP contribution is 2.32. The van der Waals surface area contributed by atoms with Crippen molar-refractivity contribution in [3.8, 4) is 5.75 Å². The lowest BCUT2D eigenvalue weighted by Crippen LogP contribution is -2.49. The largest absolute Gasteiger partial charge is 0.497 e. The Hall–Kier alpha value is -3.69. The van der Waals surface area contributed by atoms with Crippen molar-refractivity contribution in [3.63, 3.8) is 0 Å². The number of aryl methyl sites for hydroxylation is 2. The van der Waals surface area contributed by atoms with Gasteiger partial charge in [-0.25, -0.2) is 0 Å². The third kappa shape index (κ3) is 7.94. The molecule has 1 aromatic heterocycles. The molecule has 45 heavy (non-hydrogen) atoms. The van der Waals surface area contributed by atoms with Gasteiger partial charge in [0.2, 0.25) is 0 Å². The monoisotopic (exact) mass is 615 g/mol. The predicted molar refractivity (Wildman–Crippen MR) is 176 cm³/mol. The fraction of sp³-hybridized carbons (Fsp3) is 0.528. The normalized spacial score (nSPS) is 19.4. The Labute approximate surface area is 267 Å². The topological polar surface area (TPSA) is 109 Å². The van der Waals surface area contributed by atoms with Crippen molar-refractivity contribution in [2.24, 2.45) is 0 Å². The molecule has 2 aliphatic rings. The van der Waals surface area contributed by atoms with E-state index in [1.165, 1.54) is 11.1 Å². The number of carbonyl (C=O) groups is 2. The Bertz CT molecular complexity index is 1420. The highest BCUT2D eigenvalue weighted by molar-refractivity contribution is 5.98. The van der Waals surface area contributed by atoms with Crippen LogP contribution in [0, 0.1) is 0 Å². The van der Waals surface area contributed by atoms with E-state index in [0.29, 0.717) is 25.2 Å². The molecule has 0 saturated carbocycles. The molecule has 1 aliphatic heterocycles. The lowest BCUT2D eigenvalue weighted by molar-refractivity contribution is 0.0588. The predicted octanol–water partition coefficient (Wildman–Crippen LogP) is 5.08. The number of hydrogen-bond donors (Lipinski definition) is 3. The molecule has 1 saturated heterocycles. The number of ether oxygens (including phenoxy) is 1. The van der Waals surface area contributed by atoms with E-state index in [-0.39, 0.29) is 23.7 Å². The van der Waals surface area contributed by atoms with Gasteiger partial charge in [-0.3, -0.25) is 14.3 Å². The number of methoxy groups -OCH3 is 1. The minimum absolute atomic E-state index is 0.0592. The average Bonchev–Trinajstić information content (AvgIpc) is 3.52. The molecule has 2 heterocycles. The summed E-state index contributed by atoms with van der Waals surface area (Å²) in [5.41, 5.74) is 4.14. The van der Waals surface area contributed by atoms with Crippen molar-refractivity contribution >= 4 is 11.8 Å². The van der Waals surface area contributed by atoms with Gasteiger partial charge < -0.3 is 25.4 Å². The molecule has 0 radical (unpaired) electrons. The van der Waals surface area contributed by atoms with Gasteiger partial charge in [-0.2, -0.15) is 5.10 Å². The Balaban J connectivity index is 1.31. The van der Waals surface area contributed by atoms with E-state index >= 15 is 0 Å². The molecule has 1 fully saturated rings. The number of benzene rings is 2. The first kappa shape index (κ1) is 32.7. The van der Waals surface area contributed by atoms with Crippen molar-refractivity contribution in [1.29, 1.82) is 0 Å². The van der Waals surface area contributed by atoms with E-state index < -0.39 is 18.1 Å². The summed E-state index contributed by atoms with van der Waals surface area (Å²) in [6.45, 7) is 5.60. The van der Waals surface area contributed by atoms with Crippen LogP contribution < -0.4 is 15.4 Å². The van der Waals surface area contributed by atoms with Crippen LogP contribution in [0.4, 0.5) is 0 Å². The summed E-state index contributed by atoms with van der Waals surface area (Å²) >= 11 is 0. The van der Waals surface area contributed by atoms with Crippen LogP contribution in [0.15, 0.2) is 54.6 Å². The van der Waals surface area contributed by atoms with Crippen LogP contribution in [0.1, 0.15) is 103 Å². The molecule has 2 aromatic carbocycles. The van der Waals surface area contributed by atoms with Crippen LogP contribution in [0.3, 0.4) is 0 Å². The van der Waals surface area contributed by atoms with Gasteiger partial charge in [-0.05, 0) is 87.1 Å². The Morgan fingerprint density at radius 2 is 1.89 bits per heavy atom. The number of hydrogen-bond acceptors (Lipinski definition) is 6. The van der Waals surface area contributed by atoms with Crippen LogP contribution in [-0.2, 0) is 19.4 Å². The summed E-state index contributed by atoms with van der Waals surface area (Å²) in [7, 11) is 1.67. The Morgan fingerprint density at radius 3 is 2.64 bits per heavy atom. The van der Waals surface area contributed by atoms with Crippen molar-refractivity contribution in [2.75, 3.05) is 20.2 Å². The van der Waals surface area contributed by atoms with Crippen molar-refractivity contribution in [2.45, 2.75) is 102 Å². The summed E-state index contributed by atoms with van der Waals surface area (Å²) in [6.07, 6.45) is 7.80. The minimum Gasteiger partial charge on any atom is -0.497 e. The van der Waals surface area contributed by atoms with E-state index in [1.54, 1.807) is 17.9 Å². The standard InChI is InChI=1S/C36H49N5O4/c1-4-12-27-16-9-10-20-40(27)36(44)33-23-32(39-41(33)5-2)35(43)38-31(21-25-13-7-6-8-14-25)34(42)24-37-30-17-11-15-26-18-19-28(45-3)22-29(26)30/h6-8,13-14,18-19,22-23,27,30-31,34,37,42H,4-5,9-12,15-17,20-21,24H2,1-3H3,(H,38,43)/t27?,30-,31-,34-/m0/s1.